The molecule has 2 amide bonds. The monoisotopic (exact) mass is 997 g/mol. The highest BCUT2D eigenvalue weighted by atomic mass is 35.5. The molecule has 0 bridgehead atoms. The third-order valence-electron chi connectivity index (χ3n) is 14.8. The smallest absolute Gasteiger partial charge is 0.228 e. The lowest BCUT2D eigenvalue weighted by molar-refractivity contribution is -0.121. The molecular formula is C57H70Cl2N10O2. The number of rotatable bonds is 16. The van der Waals surface area contributed by atoms with Crippen molar-refractivity contribution in [2.24, 2.45) is 11.5 Å². The average molecular weight is 998 g/mol. The zero-order valence-electron chi connectivity index (χ0n) is 39.5. The number of hydrogen-bond acceptors (Lipinski definition) is 10. The van der Waals surface area contributed by atoms with Crippen molar-refractivity contribution in [1.82, 2.24) is 40.1 Å². The molecule has 12 nitrogen and oxygen atoms in total. The standard InChI is InChI=1S/C28H32ClN5O.C27H30ClN5O.2CH4/c1-34-14-10-21(11-15-34)24-8-6-19(17-31-24)16-26-32-18-23(29)25(33-26)9-7-20-4-2-3-5-22(20)28(12-13-28)27(30)35;28-22-17-32-25(15-18-5-7-23(31-16-18)20-9-13-30-14-10-20)33-24(22)8-6-19-3-1-2-4-21(19)27(11-12-27)26(29)34;;/h2-6,8,17-18,21H,7,9-16H2,1H3,(H2,30,35);1-5,7,16-17,20,30H,6,8-15H2,(H2,29,34);2*1H4. The van der Waals surface area contributed by atoms with E-state index in [0.29, 0.717) is 47.6 Å². The quantitative estimate of drug-likeness (QED) is 0.0846. The van der Waals surface area contributed by atoms with Gasteiger partial charge >= 0.3 is 0 Å². The molecule has 2 aliphatic carbocycles. The maximum atomic E-state index is 12.1. The minimum atomic E-state index is -0.496. The van der Waals surface area contributed by atoms with Gasteiger partial charge in [-0.25, -0.2) is 19.9 Å². The summed E-state index contributed by atoms with van der Waals surface area (Å²) in [6, 6.07) is 24.8. The van der Waals surface area contributed by atoms with E-state index in [0.717, 1.165) is 147 Å². The van der Waals surface area contributed by atoms with Crippen LogP contribution in [0.4, 0.5) is 0 Å². The maximum Gasteiger partial charge on any atom is 0.228 e. The number of nitrogens with zero attached hydrogens (tertiary/aromatic N) is 7. The van der Waals surface area contributed by atoms with Crippen LogP contribution in [-0.2, 0) is 58.9 Å². The van der Waals surface area contributed by atoms with Gasteiger partial charge in [0.1, 0.15) is 11.6 Å². The number of piperidine rings is 2. The van der Waals surface area contributed by atoms with Gasteiger partial charge in [0, 0.05) is 60.9 Å². The second-order valence-corrected chi connectivity index (χ2v) is 20.3. The van der Waals surface area contributed by atoms with Crippen LogP contribution in [-0.4, -0.2) is 79.8 Å². The Hall–Kier alpha value is -5.66. The number of benzene rings is 2. The molecule has 0 atom stereocenters. The molecule has 4 aromatic heterocycles. The Morgan fingerprint density at radius 2 is 1.01 bits per heavy atom. The van der Waals surface area contributed by atoms with Crippen molar-refractivity contribution < 1.29 is 9.59 Å². The molecule has 14 heteroatoms. The van der Waals surface area contributed by atoms with Gasteiger partial charge in [-0.1, -0.05) is 98.7 Å². The Morgan fingerprint density at radius 1 is 0.592 bits per heavy atom. The van der Waals surface area contributed by atoms with Crippen LogP contribution in [0.1, 0.15) is 146 Å². The van der Waals surface area contributed by atoms with Gasteiger partial charge in [-0.15, -0.1) is 0 Å². The number of pyridine rings is 2. The topological polar surface area (TPSA) is 179 Å². The molecule has 0 radical (unpaired) electrons. The van der Waals surface area contributed by atoms with Crippen LogP contribution in [0, 0.1) is 0 Å². The SMILES string of the molecule is C.C.CN1CCC(c2ccc(Cc3ncc(Cl)c(CCc4ccccc4C4(C(N)=O)CC4)n3)cn2)CC1.NC(=O)C1(c2ccccc2CCc2nc(Cc3ccc(C4CCNCC4)nc3)ncc2Cl)CC1. The van der Waals surface area contributed by atoms with Gasteiger partial charge in [0.15, 0.2) is 0 Å². The van der Waals surface area contributed by atoms with E-state index < -0.39 is 10.8 Å². The van der Waals surface area contributed by atoms with E-state index in [1.54, 1.807) is 12.4 Å². The molecule has 0 spiro atoms. The summed E-state index contributed by atoms with van der Waals surface area (Å²) in [5.74, 6) is 2.10. The molecule has 5 N–H and O–H groups in total. The molecule has 6 aromatic rings. The number of hydrogen-bond donors (Lipinski definition) is 3. The summed E-state index contributed by atoms with van der Waals surface area (Å²) in [5, 5.41) is 4.54. The number of halogens is 2. The minimum absolute atomic E-state index is 0. The lowest BCUT2D eigenvalue weighted by atomic mass is 9.88. The van der Waals surface area contributed by atoms with Crippen LogP contribution in [0.25, 0.3) is 0 Å². The Bertz CT molecular complexity index is 2750. The van der Waals surface area contributed by atoms with Crippen molar-refractivity contribution in [1.29, 1.82) is 0 Å². The second-order valence-electron chi connectivity index (χ2n) is 19.5. The number of amides is 2. The predicted molar refractivity (Wildman–Crippen MR) is 284 cm³/mol. The van der Waals surface area contributed by atoms with E-state index in [4.69, 9.17) is 54.6 Å². The summed E-state index contributed by atoms with van der Waals surface area (Å²) in [7, 11) is 2.18. The Kier molecular flexibility index (Phi) is 17.7. The fourth-order valence-electron chi connectivity index (χ4n) is 10.2. The lowest BCUT2D eigenvalue weighted by Crippen LogP contribution is -2.29. The maximum absolute atomic E-state index is 12.1. The molecule has 2 saturated carbocycles. The predicted octanol–water partition coefficient (Wildman–Crippen LogP) is 9.38. The summed E-state index contributed by atoms with van der Waals surface area (Å²) < 4.78 is 0. The van der Waals surface area contributed by atoms with Crippen molar-refractivity contribution in [3.63, 3.8) is 0 Å². The van der Waals surface area contributed by atoms with Crippen molar-refractivity contribution in [3.05, 3.63) is 175 Å². The molecule has 10 rings (SSSR count). The van der Waals surface area contributed by atoms with Crippen LogP contribution in [0.15, 0.2) is 97.6 Å². The normalized spacial score (nSPS) is 17.2. The first-order valence-corrected chi connectivity index (χ1v) is 25.3. The van der Waals surface area contributed by atoms with Crippen molar-refractivity contribution in [2.75, 3.05) is 33.2 Å². The number of carbonyl (C=O) groups is 2. The Morgan fingerprint density at radius 3 is 1.41 bits per heavy atom. The molecule has 0 unspecified atom stereocenters. The van der Waals surface area contributed by atoms with E-state index in [1.165, 1.54) is 11.4 Å². The first-order chi connectivity index (χ1) is 33.5. The summed E-state index contributed by atoms with van der Waals surface area (Å²) in [6.45, 7) is 4.37. The van der Waals surface area contributed by atoms with E-state index >= 15 is 0 Å². The highest BCUT2D eigenvalue weighted by molar-refractivity contribution is 6.31. The van der Waals surface area contributed by atoms with Gasteiger partial charge in [-0.2, -0.15) is 0 Å². The molecule has 4 aliphatic rings. The minimum Gasteiger partial charge on any atom is -0.369 e. The van der Waals surface area contributed by atoms with Gasteiger partial charge in [0.05, 0.1) is 32.3 Å². The Balaban J connectivity index is 0.000000203. The average Bonchev–Trinajstić information content (AvgIpc) is 4.32. The van der Waals surface area contributed by atoms with Crippen LogP contribution >= 0.6 is 23.2 Å². The summed E-state index contributed by atoms with van der Waals surface area (Å²) in [6.07, 6.45) is 19.2. The first kappa shape index (κ1) is 53.1. The van der Waals surface area contributed by atoms with Crippen LogP contribution in [0.2, 0.25) is 10.0 Å². The van der Waals surface area contributed by atoms with E-state index in [2.05, 4.69) is 63.6 Å². The summed E-state index contributed by atoms with van der Waals surface area (Å²) in [5.41, 5.74) is 21.0. The molecular weight excluding hydrogens is 928 g/mol. The fourth-order valence-corrected chi connectivity index (χ4v) is 10.6. The number of aryl methyl sites for hydroxylation is 4. The molecule has 374 valence electrons. The van der Waals surface area contributed by atoms with Gasteiger partial charge < -0.3 is 21.7 Å². The molecule has 71 heavy (non-hydrogen) atoms. The highest BCUT2D eigenvalue weighted by Gasteiger charge is 2.51. The number of likely N-dealkylation sites (tertiary alicyclic amines) is 1. The number of aromatic nitrogens is 6. The number of nitrogens with two attached hydrogens (primary N) is 2. The van der Waals surface area contributed by atoms with Gasteiger partial charge in [0.25, 0.3) is 0 Å². The van der Waals surface area contributed by atoms with Crippen molar-refractivity contribution >= 4 is 35.0 Å². The van der Waals surface area contributed by atoms with E-state index in [9.17, 15) is 9.59 Å². The highest BCUT2D eigenvalue weighted by Crippen LogP contribution is 2.50. The van der Waals surface area contributed by atoms with Crippen molar-refractivity contribution in [3.8, 4) is 0 Å². The largest absolute Gasteiger partial charge is 0.369 e. The van der Waals surface area contributed by atoms with Crippen LogP contribution < -0.4 is 16.8 Å². The third-order valence-corrected chi connectivity index (χ3v) is 15.5. The number of nitrogens with one attached hydrogen (secondary N) is 1. The summed E-state index contributed by atoms with van der Waals surface area (Å²) >= 11 is 12.9. The van der Waals surface area contributed by atoms with Crippen LogP contribution in [0.3, 0.4) is 0 Å². The third kappa shape index (κ3) is 12.7. The lowest BCUT2D eigenvalue weighted by Gasteiger charge is -2.28. The molecule has 4 fully saturated rings. The molecule has 2 aromatic carbocycles. The van der Waals surface area contributed by atoms with E-state index in [1.807, 2.05) is 48.8 Å². The van der Waals surface area contributed by atoms with E-state index in [-0.39, 0.29) is 26.7 Å². The zero-order valence-corrected chi connectivity index (χ0v) is 41.0. The number of primary amides is 2. The van der Waals surface area contributed by atoms with Gasteiger partial charge in [-0.05, 0) is 156 Å². The van der Waals surface area contributed by atoms with Crippen molar-refractivity contribution in [2.45, 2.75) is 127 Å². The molecule has 2 aliphatic heterocycles. The second kappa shape index (κ2) is 23.7. The van der Waals surface area contributed by atoms with Gasteiger partial charge in [-0.3, -0.25) is 19.6 Å². The molecule has 6 heterocycles. The fraction of sp³-hybridized carbons (Fsp3) is 0.439. The molecule has 2 saturated heterocycles. The van der Waals surface area contributed by atoms with Crippen LogP contribution in [0.5, 0.6) is 0 Å². The first-order valence-electron chi connectivity index (χ1n) is 24.6. The number of carbonyl (C=O) groups excluding carboxylic acids is 2. The summed E-state index contributed by atoms with van der Waals surface area (Å²) in [4.78, 5) is 54.5. The zero-order chi connectivity index (χ0) is 48.0. The van der Waals surface area contributed by atoms with Gasteiger partial charge in [0.2, 0.25) is 11.8 Å². The Labute approximate surface area is 430 Å².